The van der Waals surface area contributed by atoms with Gasteiger partial charge in [0.1, 0.15) is 10.7 Å². The summed E-state index contributed by atoms with van der Waals surface area (Å²) in [7, 11) is -3.60. The van der Waals surface area contributed by atoms with Gasteiger partial charge in [-0.1, -0.05) is 18.2 Å². The third-order valence-electron chi connectivity index (χ3n) is 3.39. The van der Waals surface area contributed by atoms with Crippen molar-refractivity contribution in [2.45, 2.75) is 4.90 Å². The molecule has 0 N–H and O–H groups in total. The zero-order chi connectivity index (χ0) is 16.4. The van der Waals surface area contributed by atoms with Gasteiger partial charge in [-0.3, -0.25) is 9.97 Å². The molecule has 0 fully saturated rings. The first-order valence-corrected chi connectivity index (χ1v) is 8.71. The lowest BCUT2D eigenvalue weighted by atomic mass is 10.0. The quantitative estimate of drug-likeness (QED) is 0.740. The summed E-state index contributed by atoms with van der Waals surface area (Å²) in [6.45, 7) is 0. The molecular weight excluding hydrogens is 315 g/mol. The summed E-state index contributed by atoms with van der Waals surface area (Å²) in [5.41, 5.74) is 2.73. The van der Waals surface area contributed by atoms with Gasteiger partial charge in [-0.25, -0.2) is 12.8 Å². The van der Waals surface area contributed by atoms with E-state index in [4.69, 9.17) is 0 Å². The fraction of sp³-hybridized carbons (Fsp3) is 0.0588. The maximum Gasteiger partial charge on any atom is 0.178 e. The number of hydrogen-bond donors (Lipinski definition) is 0. The highest BCUT2D eigenvalue weighted by Crippen LogP contribution is 2.31. The van der Waals surface area contributed by atoms with E-state index < -0.39 is 15.7 Å². The zero-order valence-electron chi connectivity index (χ0n) is 12.3. The van der Waals surface area contributed by atoms with E-state index in [2.05, 4.69) is 9.97 Å². The van der Waals surface area contributed by atoms with Crippen molar-refractivity contribution in [2.75, 3.05) is 6.26 Å². The summed E-state index contributed by atoms with van der Waals surface area (Å²) in [5, 5.41) is 0. The standard InChI is InChI=1S/C17H13FN2O2S/c1-23(21,22)16-7-6-12(10-15(16)18)17-14(5-3-9-20-17)13-4-2-8-19-11-13/h2-11H,1H3. The molecule has 0 unspecified atom stereocenters. The zero-order valence-corrected chi connectivity index (χ0v) is 13.1. The van der Waals surface area contributed by atoms with Gasteiger partial charge in [0, 0.05) is 41.5 Å². The number of rotatable bonds is 3. The van der Waals surface area contributed by atoms with Crippen molar-refractivity contribution in [3.63, 3.8) is 0 Å². The first kappa shape index (κ1) is 15.3. The smallest absolute Gasteiger partial charge is 0.178 e. The van der Waals surface area contributed by atoms with Gasteiger partial charge in [0.05, 0.1) is 5.69 Å². The van der Waals surface area contributed by atoms with Gasteiger partial charge in [0.15, 0.2) is 9.84 Å². The van der Waals surface area contributed by atoms with Crippen molar-refractivity contribution in [2.24, 2.45) is 0 Å². The molecule has 0 saturated heterocycles. The van der Waals surface area contributed by atoms with Crippen LogP contribution in [0.1, 0.15) is 0 Å². The summed E-state index contributed by atoms with van der Waals surface area (Å²) in [5.74, 6) is -0.784. The van der Waals surface area contributed by atoms with E-state index in [1.165, 1.54) is 12.1 Å². The average Bonchev–Trinajstić information content (AvgIpc) is 2.54. The van der Waals surface area contributed by atoms with E-state index in [-0.39, 0.29) is 4.90 Å². The molecule has 0 radical (unpaired) electrons. The van der Waals surface area contributed by atoms with Gasteiger partial charge in [-0.05, 0) is 24.3 Å². The predicted octanol–water partition coefficient (Wildman–Crippen LogP) is 3.35. The second-order valence-corrected chi connectivity index (χ2v) is 7.04. The lowest BCUT2D eigenvalue weighted by molar-refractivity contribution is 0.571. The van der Waals surface area contributed by atoms with Gasteiger partial charge in [0.25, 0.3) is 0 Å². The van der Waals surface area contributed by atoms with Crippen molar-refractivity contribution in [1.82, 2.24) is 9.97 Å². The molecule has 0 aliphatic heterocycles. The number of sulfone groups is 1. The van der Waals surface area contributed by atoms with Crippen molar-refractivity contribution < 1.29 is 12.8 Å². The Labute approximate surface area is 133 Å². The SMILES string of the molecule is CS(=O)(=O)c1ccc(-c2ncccc2-c2cccnc2)cc1F. The lowest BCUT2D eigenvalue weighted by Crippen LogP contribution is -2.01. The molecule has 1 aromatic carbocycles. The number of nitrogens with zero attached hydrogens (tertiary/aromatic N) is 2. The van der Waals surface area contributed by atoms with E-state index in [9.17, 15) is 12.8 Å². The number of halogens is 1. The molecule has 6 heteroatoms. The number of pyridine rings is 2. The normalized spacial score (nSPS) is 11.4. The third kappa shape index (κ3) is 3.12. The summed E-state index contributed by atoms with van der Waals surface area (Å²) < 4.78 is 37.2. The van der Waals surface area contributed by atoms with Gasteiger partial charge in [-0.15, -0.1) is 0 Å². The molecule has 3 aromatic rings. The molecule has 0 amide bonds. The van der Waals surface area contributed by atoms with Crippen LogP contribution in [-0.4, -0.2) is 24.6 Å². The van der Waals surface area contributed by atoms with E-state index in [0.717, 1.165) is 17.4 Å². The Kier molecular flexibility index (Phi) is 3.92. The van der Waals surface area contributed by atoms with Crippen LogP contribution in [0.5, 0.6) is 0 Å². The lowest BCUT2D eigenvalue weighted by Gasteiger charge is -2.10. The second-order valence-electron chi connectivity index (χ2n) is 5.06. The van der Waals surface area contributed by atoms with Gasteiger partial charge in [-0.2, -0.15) is 0 Å². The van der Waals surface area contributed by atoms with Crippen LogP contribution in [0, 0.1) is 5.82 Å². The monoisotopic (exact) mass is 328 g/mol. The molecule has 0 aliphatic carbocycles. The Bertz CT molecular complexity index is 957. The molecule has 23 heavy (non-hydrogen) atoms. The van der Waals surface area contributed by atoms with E-state index in [1.807, 2.05) is 12.1 Å². The highest BCUT2D eigenvalue weighted by Gasteiger charge is 2.16. The summed E-state index contributed by atoms with van der Waals surface area (Å²) in [4.78, 5) is 8.07. The number of aromatic nitrogens is 2. The molecule has 0 atom stereocenters. The number of hydrogen-bond acceptors (Lipinski definition) is 4. The average molecular weight is 328 g/mol. The van der Waals surface area contributed by atoms with E-state index >= 15 is 0 Å². The summed E-state index contributed by atoms with van der Waals surface area (Å²) >= 11 is 0. The maximum absolute atomic E-state index is 14.1. The Morgan fingerprint density at radius 3 is 2.43 bits per heavy atom. The van der Waals surface area contributed by atoms with Gasteiger partial charge >= 0.3 is 0 Å². The van der Waals surface area contributed by atoms with Gasteiger partial charge < -0.3 is 0 Å². The van der Waals surface area contributed by atoms with Crippen LogP contribution in [0.2, 0.25) is 0 Å². The molecule has 2 aromatic heterocycles. The van der Waals surface area contributed by atoms with E-state index in [1.54, 1.807) is 36.8 Å². The van der Waals surface area contributed by atoms with Crippen LogP contribution < -0.4 is 0 Å². The van der Waals surface area contributed by atoms with Crippen molar-refractivity contribution >= 4 is 9.84 Å². The summed E-state index contributed by atoms with van der Waals surface area (Å²) in [6, 6.07) is 11.4. The minimum absolute atomic E-state index is 0.319. The second kappa shape index (κ2) is 5.89. The Morgan fingerprint density at radius 1 is 1.00 bits per heavy atom. The summed E-state index contributed by atoms with van der Waals surface area (Å²) in [6.07, 6.45) is 5.95. The van der Waals surface area contributed by atoms with Crippen molar-refractivity contribution in [3.8, 4) is 22.4 Å². The van der Waals surface area contributed by atoms with Crippen molar-refractivity contribution in [3.05, 3.63) is 66.9 Å². The van der Waals surface area contributed by atoms with Crippen LogP contribution in [0.25, 0.3) is 22.4 Å². The fourth-order valence-electron chi connectivity index (χ4n) is 2.34. The fourth-order valence-corrected chi connectivity index (χ4v) is 3.07. The first-order valence-electron chi connectivity index (χ1n) is 6.82. The topological polar surface area (TPSA) is 59.9 Å². The molecular formula is C17H13FN2O2S. The Balaban J connectivity index is 2.16. The third-order valence-corrected chi connectivity index (χ3v) is 4.52. The largest absolute Gasteiger partial charge is 0.264 e. The van der Waals surface area contributed by atoms with Crippen LogP contribution in [0.4, 0.5) is 4.39 Å². The van der Waals surface area contributed by atoms with E-state index in [0.29, 0.717) is 11.3 Å². The first-order chi connectivity index (χ1) is 11.0. The minimum atomic E-state index is -3.60. The predicted molar refractivity (Wildman–Crippen MR) is 86.0 cm³/mol. The molecule has 3 rings (SSSR count). The highest BCUT2D eigenvalue weighted by atomic mass is 32.2. The van der Waals surface area contributed by atoms with Gasteiger partial charge in [0.2, 0.25) is 0 Å². The van der Waals surface area contributed by atoms with Crippen LogP contribution in [0.3, 0.4) is 0 Å². The molecule has 0 aliphatic rings. The molecule has 4 nitrogen and oxygen atoms in total. The molecule has 0 spiro atoms. The maximum atomic E-state index is 14.1. The number of benzene rings is 1. The Hall–Kier alpha value is -2.60. The highest BCUT2D eigenvalue weighted by molar-refractivity contribution is 7.90. The van der Waals surface area contributed by atoms with Crippen LogP contribution in [-0.2, 0) is 9.84 Å². The Morgan fingerprint density at radius 2 is 1.78 bits per heavy atom. The van der Waals surface area contributed by atoms with Crippen LogP contribution in [0.15, 0.2) is 66.0 Å². The minimum Gasteiger partial charge on any atom is -0.264 e. The molecule has 0 bridgehead atoms. The van der Waals surface area contributed by atoms with Crippen LogP contribution >= 0.6 is 0 Å². The molecule has 116 valence electrons. The molecule has 2 heterocycles. The molecule has 0 saturated carbocycles. The van der Waals surface area contributed by atoms with Crippen molar-refractivity contribution in [1.29, 1.82) is 0 Å².